The maximum absolute atomic E-state index is 13.2. The van der Waals surface area contributed by atoms with Crippen molar-refractivity contribution in [2.24, 2.45) is 0 Å². The molecule has 0 radical (unpaired) electrons. The molecule has 1 aromatic heterocycles. The number of rotatable bonds is 5. The minimum atomic E-state index is -3.68. The van der Waals surface area contributed by atoms with Crippen LogP contribution in [-0.4, -0.2) is 62.4 Å². The van der Waals surface area contributed by atoms with Crippen LogP contribution in [0.1, 0.15) is 19.3 Å². The SMILES string of the molecule is COc1ccc(OC2CCCN(S(=O)(=O)c3ccc4c(c3)OCCCO4)C2)nn1. The van der Waals surface area contributed by atoms with Crippen LogP contribution in [0.2, 0.25) is 0 Å². The summed E-state index contributed by atoms with van der Waals surface area (Å²) in [6.07, 6.45) is 1.89. The summed E-state index contributed by atoms with van der Waals surface area (Å²) in [5.41, 5.74) is 0. The van der Waals surface area contributed by atoms with Crippen molar-refractivity contribution in [1.82, 2.24) is 14.5 Å². The third kappa shape index (κ3) is 4.38. The summed E-state index contributed by atoms with van der Waals surface area (Å²) >= 11 is 0. The van der Waals surface area contributed by atoms with E-state index < -0.39 is 10.0 Å². The molecular formula is C19H23N3O6S. The Balaban J connectivity index is 1.48. The van der Waals surface area contributed by atoms with Crippen molar-refractivity contribution in [2.45, 2.75) is 30.3 Å². The van der Waals surface area contributed by atoms with E-state index in [1.165, 1.54) is 17.5 Å². The molecule has 0 saturated carbocycles. The lowest BCUT2D eigenvalue weighted by Gasteiger charge is -2.31. The largest absolute Gasteiger partial charge is 0.490 e. The first kappa shape index (κ1) is 19.7. The highest BCUT2D eigenvalue weighted by Crippen LogP contribution is 2.33. The average Bonchev–Trinajstić information content (AvgIpc) is 2.99. The first-order valence-corrected chi connectivity index (χ1v) is 10.9. The predicted molar refractivity (Wildman–Crippen MR) is 103 cm³/mol. The molecule has 1 atom stereocenters. The van der Waals surface area contributed by atoms with E-state index in [-0.39, 0.29) is 17.5 Å². The molecule has 2 aromatic rings. The molecule has 10 heteroatoms. The molecule has 0 aliphatic carbocycles. The Labute approximate surface area is 169 Å². The van der Waals surface area contributed by atoms with Crippen molar-refractivity contribution in [2.75, 3.05) is 33.4 Å². The fourth-order valence-corrected chi connectivity index (χ4v) is 4.85. The molecule has 0 bridgehead atoms. The number of benzene rings is 1. The van der Waals surface area contributed by atoms with Crippen LogP contribution in [-0.2, 0) is 10.0 Å². The zero-order valence-corrected chi connectivity index (χ0v) is 16.9. The number of methoxy groups -OCH3 is 1. The third-order valence-electron chi connectivity index (χ3n) is 4.81. The van der Waals surface area contributed by atoms with Crippen LogP contribution in [0, 0.1) is 0 Å². The molecular weight excluding hydrogens is 398 g/mol. The number of piperidine rings is 1. The number of nitrogens with zero attached hydrogens (tertiary/aromatic N) is 3. The van der Waals surface area contributed by atoms with E-state index in [1.807, 2.05) is 0 Å². The highest BCUT2D eigenvalue weighted by Gasteiger charge is 2.32. The van der Waals surface area contributed by atoms with Gasteiger partial charge in [0.2, 0.25) is 21.8 Å². The minimum Gasteiger partial charge on any atom is -0.490 e. The lowest BCUT2D eigenvalue weighted by Crippen LogP contribution is -2.44. The molecule has 1 fully saturated rings. The summed E-state index contributed by atoms with van der Waals surface area (Å²) in [5.74, 6) is 1.76. The van der Waals surface area contributed by atoms with E-state index >= 15 is 0 Å². The molecule has 1 saturated heterocycles. The lowest BCUT2D eigenvalue weighted by molar-refractivity contribution is 0.123. The first-order chi connectivity index (χ1) is 14.1. The van der Waals surface area contributed by atoms with E-state index in [4.69, 9.17) is 18.9 Å². The Morgan fingerprint density at radius 3 is 2.55 bits per heavy atom. The van der Waals surface area contributed by atoms with Crippen LogP contribution in [0.15, 0.2) is 35.2 Å². The lowest BCUT2D eigenvalue weighted by atomic mass is 10.1. The van der Waals surface area contributed by atoms with E-state index in [1.54, 1.807) is 24.3 Å². The van der Waals surface area contributed by atoms with Crippen molar-refractivity contribution in [1.29, 1.82) is 0 Å². The van der Waals surface area contributed by atoms with Gasteiger partial charge in [0.1, 0.15) is 6.10 Å². The van der Waals surface area contributed by atoms with Gasteiger partial charge in [-0.25, -0.2) is 8.42 Å². The van der Waals surface area contributed by atoms with Gasteiger partial charge in [0.25, 0.3) is 0 Å². The Morgan fingerprint density at radius 1 is 1.03 bits per heavy atom. The smallest absolute Gasteiger partial charge is 0.243 e. The van der Waals surface area contributed by atoms with Crippen LogP contribution in [0.25, 0.3) is 0 Å². The molecule has 0 amide bonds. The summed E-state index contributed by atoms with van der Waals surface area (Å²) in [6, 6.07) is 8.05. The molecule has 2 aliphatic heterocycles. The number of hydrogen-bond donors (Lipinski definition) is 0. The molecule has 1 unspecified atom stereocenters. The van der Waals surface area contributed by atoms with Crippen molar-refractivity contribution in [3.05, 3.63) is 30.3 Å². The molecule has 0 N–H and O–H groups in total. The standard InChI is InChI=1S/C19H23N3O6S/c1-25-18-7-8-19(21-20-18)28-14-4-2-9-22(13-14)29(23,24)15-5-6-16-17(12-15)27-11-3-10-26-16/h5-8,12,14H,2-4,9-11,13H2,1H3. The summed E-state index contributed by atoms with van der Waals surface area (Å²) in [7, 11) is -2.17. The maximum Gasteiger partial charge on any atom is 0.243 e. The number of ether oxygens (including phenoxy) is 4. The van der Waals surface area contributed by atoms with Crippen LogP contribution in [0.3, 0.4) is 0 Å². The predicted octanol–water partition coefficient (Wildman–Crippen LogP) is 1.88. The zero-order chi connectivity index (χ0) is 20.3. The number of fused-ring (bicyclic) bond motifs is 1. The number of sulfonamides is 1. The van der Waals surface area contributed by atoms with Gasteiger partial charge in [0.15, 0.2) is 11.5 Å². The van der Waals surface area contributed by atoms with E-state index in [0.717, 1.165) is 12.8 Å². The van der Waals surface area contributed by atoms with Gasteiger partial charge in [-0.1, -0.05) is 0 Å². The topological polar surface area (TPSA) is 100 Å². The summed E-state index contributed by atoms with van der Waals surface area (Å²) in [5, 5.41) is 7.82. The molecule has 3 heterocycles. The van der Waals surface area contributed by atoms with Gasteiger partial charge in [-0.15, -0.1) is 10.2 Å². The van der Waals surface area contributed by atoms with E-state index in [0.29, 0.717) is 49.4 Å². The summed E-state index contributed by atoms with van der Waals surface area (Å²) in [6.45, 7) is 1.73. The molecule has 2 aliphatic rings. The van der Waals surface area contributed by atoms with Crippen molar-refractivity contribution >= 4 is 10.0 Å². The maximum atomic E-state index is 13.2. The fourth-order valence-electron chi connectivity index (χ4n) is 3.32. The second-order valence-corrected chi connectivity index (χ2v) is 8.76. The number of hydrogen-bond acceptors (Lipinski definition) is 8. The van der Waals surface area contributed by atoms with Gasteiger partial charge in [-0.2, -0.15) is 4.31 Å². The van der Waals surface area contributed by atoms with Crippen molar-refractivity contribution < 1.29 is 27.4 Å². The Hall–Kier alpha value is -2.59. The van der Waals surface area contributed by atoms with Gasteiger partial charge in [-0.05, 0) is 25.0 Å². The Kier molecular flexibility index (Phi) is 5.72. The molecule has 0 spiro atoms. The van der Waals surface area contributed by atoms with Crippen LogP contribution >= 0.6 is 0 Å². The highest BCUT2D eigenvalue weighted by atomic mass is 32.2. The first-order valence-electron chi connectivity index (χ1n) is 9.50. The van der Waals surface area contributed by atoms with Crippen molar-refractivity contribution in [3.63, 3.8) is 0 Å². The van der Waals surface area contributed by atoms with Gasteiger partial charge in [0, 0.05) is 31.2 Å². The Bertz CT molecular complexity index is 951. The summed E-state index contributed by atoms with van der Waals surface area (Å²) in [4.78, 5) is 0.187. The quantitative estimate of drug-likeness (QED) is 0.721. The number of aromatic nitrogens is 2. The second kappa shape index (κ2) is 8.42. The van der Waals surface area contributed by atoms with Gasteiger partial charge >= 0.3 is 0 Å². The zero-order valence-electron chi connectivity index (χ0n) is 16.1. The van der Waals surface area contributed by atoms with Gasteiger partial charge in [-0.3, -0.25) is 0 Å². The van der Waals surface area contributed by atoms with Gasteiger partial charge in [0.05, 0.1) is 31.8 Å². The molecule has 156 valence electrons. The Morgan fingerprint density at radius 2 is 1.79 bits per heavy atom. The molecule has 4 rings (SSSR count). The van der Waals surface area contributed by atoms with Crippen molar-refractivity contribution in [3.8, 4) is 23.3 Å². The monoisotopic (exact) mass is 421 g/mol. The third-order valence-corrected chi connectivity index (χ3v) is 6.67. The van der Waals surface area contributed by atoms with Crippen LogP contribution in [0.4, 0.5) is 0 Å². The minimum absolute atomic E-state index is 0.187. The molecule has 1 aromatic carbocycles. The van der Waals surface area contributed by atoms with E-state index in [9.17, 15) is 8.42 Å². The normalized spacial score (nSPS) is 20.0. The second-order valence-electron chi connectivity index (χ2n) is 6.82. The summed E-state index contributed by atoms with van der Waals surface area (Å²) < 4.78 is 49.8. The van der Waals surface area contributed by atoms with E-state index in [2.05, 4.69) is 10.2 Å². The molecule has 9 nitrogen and oxygen atoms in total. The average molecular weight is 421 g/mol. The fraction of sp³-hybridized carbons (Fsp3) is 0.474. The molecule has 29 heavy (non-hydrogen) atoms. The van der Waals surface area contributed by atoms with Crippen LogP contribution < -0.4 is 18.9 Å². The van der Waals surface area contributed by atoms with Gasteiger partial charge < -0.3 is 18.9 Å². The highest BCUT2D eigenvalue weighted by molar-refractivity contribution is 7.89. The van der Waals surface area contributed by atoms with Crippen LogP contribution in [0.5, 0.6) is 23.3 Å².